The van der Waals surface area contributed by atoms with Gasteiger partial charge in [-0.15, -0.1) is 0 Å². The van der Waals surface area contributed by atoms with Crippen LogP contribution in [0.25, 0.3) is 0 Å². The Kier molecular flexibility index (Phi) is 8.10. The van der Waals surface area contributed by atoms with E-state index in [0.717, 1.165) is 19.1 Å². The molecule has 0 unspecified atom stereocenters. The van der Waals surface area contributed by atoms with Gasteiger partial charge in [-0.1, -0.05) is 43.7 Å². The summed E-state index contributed by atoms with van der Waals surface area (Å²) in [7, 11) is -3.42. The Hall–Kier alpha value is -1.60. The van der Waals surface area contributed by atoms with Gasteiger partial charge in [0.05, 0.1) is 15.6 Å². The van der Waals surface area contributed by atoms with Gasteiger partial charge in [-0.05, 0) is 37.0 Å². The lowest BCUT2D eigenvalue weighted by Crippen LogP contribution is -2.21. The zero-order chi connectivity index (χ0) is 19.9. The van der Waals surface area contributed by atoms with E-state index >= 15 is 0 Å². The molecule has 0 spiro atoms. The summed E-state index contributed by atoms with van der Waals surface area (Å²) in [6.07, 6.45) is 9.50. The smallest absolute Gasteiger partial charge is 0.306 e. The molecule has 1 amide bonds. The second-order valence-electron chi connectivity index (χ2n) is 7.02. The van der Waals surface area contributed by atoms with Crippen LogP contribution in [0.4, 0.5) is 5.69 Å². The highest BCUT2D eigenvalue weighted by Crippen LogP contribution is 2.28. The van der Waals surface area contributed by atoms with Gasteiger partial charge < -0.3 is 10.1 Å². The molecule has 150 valence electrons. The Labute approximate surface area is 165 Å². The van der Waals surface area contributed by atoms with Crippen LogP contribution in [0.5, 0.6) is 0 Å². The molecule has 0 aromatic heterocycles. The van der Waals surface area contributed by atoms with Crippen LogP contribution in [0.2, 0.25) is 5.02 Å². The van der Waals surface area contributed by atoms with Gasteiger partial charge in [0.2, 0.25) is 0 Å². The molecule has 1 aromatic rings. The number of nitrogens with one attached hydrogen (secondary N) is 1. The third-order valence-electron chi connectivity index (χ3n) is 4.72. The predicted molar refractivity (Wildman–Crippen MR) is 105 cm³/mol. The summed E-state index contributed by atoms with van der Waals surface area (Å²) in [5.74, 6) is -0.265. The number of rotatable bonds is 8. The Bertz CT molecular complexity index is 772. The number of sulfone groups is 1. The number of benzene rings is 1. The lowest BCUT2D eigenvalue weighted by Gasteiger charge is -2.20. The van der Waals surface area contributed by atoms with E-state index in [-0.39, 0.29) is 15.6 Å². The molecule has 0 heterocycles. The summed E-state index contributed by atoms with van der Waals surface area (Å²) in [5, 5.41) is 2.68. The number of carbonyl (C=O) groups is 2. The molecule has 1 aliphatic rings. The first-order valence-electron chi connectivity index (χ1n) is 9.21. The van der Waals surface area contributed by atoms with Crippen LogP contribution in [0.1, 0.15) is 51.4 Å². The van der Waals surface area contributed by atoms with E-state index in [4.69, 9.17) is 16.3 Å². The van der Waals surface area contributed by atoms with Crippen molar-refractivity contribution in [1.29, 1.82) is 0 Å². The second kappa shape index (κ2) is 10.1. The van der Waals surface area contributed by atoms with Crippen LogP contribution in [0.15, 0.2) is 23.1 Å². The van der Waals surface area contributed by atoms with E-state index in [2.05, 4.69) is 5.32 Å². The molecule has 0 atom stereocenters. The number of halogens is 1. The van der Waals surface area contributed by atoms with Crippen molar-refractivity contribution in [2.75, 3.05) is 18.2 Å². The van der Waals surface area contributed by atoms with Crippen LogP contribution in [-0.2, 0) is 24.2 Å². The van der Waals surface area contributed by atoms with Crippen molar-refractivity contribution in [2.24, 2.45) is 5.92 Å². The minimum absolute atomic E-state index is 0.0434. The molecule has 1 N–H and O–H groups in total. The summed E-state index contributed by atoms with van der Waals surface area (Å²) < 4.78 is 28.2. The molecule has 0 radical (unpaired) electrons. The first kappa shape index (κ1) is 21.7. The number of hydrogen-bond donors (Lipinski definition) is 1. The fourth-order valence-corrected chi connectivity index (χ4v) is 4.06. The molecule has 1 aliphatic carbocycles. The van der Waals surface area contributed by atoms with Gasteiger partial charge in [0.25, 0.3) is 5.91 Å². The van der Waals surface area contributed by atoms with Gasteiger partial charge in [-0.2, -0.15) is 0 Å². The standard InChI is InChI=1S/C19H26ClNO5S/c1-27(24,25)15-10-11-16(20)17(12-15)21-18(22)13-26-19(23)9-5-8-14-6-3-2-4-7-14/h10-12,14H,2-9,13H2,1H3,(H,21,22). The van der Waals surface area contributed by atoms with Crippen LogP contribution in [0, 0.1) is 5.92 Å². The molecular weight excluding hydrogens is 390 g/mol. The van der Waals surface area contributed by atoms with E-state index in [9.17, 15) is 18.0 Å². The van der Waals surface area contributed by atoms with Gasteiger partial charge in [0.15, 0.2) is 16.4 Å². The number of ether oxygens (including phenoxy) is 1. The van der Waals surface area contributed by atoms with E-state index in [1.54, 1.807) is 0 Å². The molecule has 6 nitrogen and oxygen atoms in total. The summed E-state index contributed by atoms with van der Waals surface area (Å²) in [6, 6.07) is 4.03. The summed E-state index contributed by atoms with van der Waals surface area (Å²) in [5.41, 5.74) is 0.165. The zero-order valence-corrected chi connectivity index (χ0v) is 17.1. The quantitative estimate of drug-likeness (QED) is 0.648. The Balaban J connectivity index is 1.74. The summed E-state index contributed by atoms with van der Waals surface area (Å²) >= 11 is 5.98. The van der Waals surface area contributed by atoms with Crippen LogP contribution in [0.3, 0.4) is 0 Å². The fraction of sp³-hybridized carbons (Fsp3) is 0.579. The molecule has 1 fully saturated rings. The molecule has 0 saturated heterocycles. The average Bonchev–Trinajstić information content (AvgIpc) is 2.62. The van der Waals surface area contributed by atoms with Crippen molar-refractivity contribution < 1.29 is 22.7 Å². The number of hydrogen-bond acceptors (Lipinski definition) is 5. The molecule has 0 aliphatic heterocycles. The topological polar surface area (TPSA) is 89.5 Å². The molecule has 1 aromatic carbocycles. The highest BCUT2D eigenvalue weighted by Gasteiger charge is 2.15. The minimum Gasteiger partial charge on any atom is -0.456 e. The van der Waals surface area contributed by atoms with E-state index < -0.39 is 28.3 Å². The number of carbonyl (C=O) groups excluding carboxylic acids is 2. The van der Waals surface area contributed by atoms with Crippen LogP contribution >= 0.6 is 11.6 Å². The van der Waals surface area contributed by atoms with Crippen molar-refractivity contribution in [3.8, 4) is 0 Å². The zero-order valence-electron chi connectivity index (χ0n) is 15.5. The van der Waals surface area contributed by atoms with Crippen molar-refractivity contribution >= 4 is 39.0 Å². The van der Waals surface area contributed by atoms with Crippen molar-refractivity contribution in [3.63, 3.8) is 0 Å². The molecule has 1 saturated carbocycles. The fourth-order valence-electron chi connectivity index (χ4n) is 3.25. The largest absolute Gasteiger partial charge is 0.456 e. The maximum atomic E-state index is 12.0. The maximum Gasteiger partial charge on any atom is 0.306 e. The Morgan fingerprint density at radius 1 is 1.22 bits per heavy atom. The third kappa shape index (κ3) is 7.50. The predicted octanol–water partition coefficient (Wildman–Crippen LogP) is 3.98. The van der Waals surface area contributed by atoms with Crippen molar-refractivity contribution in [2.45, 2.75) is 56.3 Å². The van der Waals surface area contributed by atoms with Crippen LogP contribution in [-0.4, -0.2) is 33.2 Å². The summed E-state index contributed by atoms with van der Waals surface area (Å²) in [4.78, 5) is 23.8. The number of anilines is 1. The second-order valence-corrected chi connectivity index (χ2v) is 9.44. The summed E-state index contributed by atoms with van der Waals surface area (Å²) in [6.45, 7) is -0.429. The lowest BCUT2D eigenvalue weighted by molar-refractivity contribution is -0.147. The first-order valence-corrected chi connectivity index (χ1v) is 11.5. The molecular formula is C19H26ClNO5S. The first-order chi connectivity index (χ1) is 12.8. The maximum absolute atomic E-state index is 12.0. The Morgan fingerprint density at radius 3 is 2.59 bits per heavy atom. The SMILES string of the molecule is CS(=O)(=O)c1ccc(Cl)c(NC(=O)COC(=O)CCCC2CCCCC2)c1. The van der Waals surface area contributed by atoms with Gasteiger partial charge >= 0.3 is 5.97 Å². The van der Waals surface area contributed by atoms with Gasteiger partial charge in [-0.3, -0.25) is 9.59 Å². The highest BCUT2D eigenvalue weighted by atomic mass is 35.5. The van der Waals surface area contributed by atoms with Crippen molar-refractivity contribution in [1.82, 2.24) is 0 Å². The molecule has 0 bridgehead atoms. The van der Waals surface area contributed by atoms with Gasteiger partial charge in [0.1, 0.15) is 0 Å². The number of amides is 1. The van der Waals surface area contributed by atoms with E-state index in [0.29, 0.717) is 12.3 Å². The minimum atomic E-state index is -3.42. The average molecular weight is 416 g/mol. The molecule has 8 heteroatoms. The lowest BCUT2D eigenvalue weighted by atomic mass is 9.86. The van der Waals surface area contributed by atoms with E-state index in [1.165, 1.54) is 50.3 Å². The molecule has 27 heavy (non-hydrogen) atoms. The van der Waals surface area contributed by atoms with Gasteiger partial charge in [-0.25, -0.2) is 8.42 Å². The van der Waals surface area contributed by atoms with Crippen molar-refractivity contribution in [3.05, 3.63) is 23.2 Å². The third-order valence-corrected chi connectivity index (χ3v) is 6.16. The normalized spacial score (nSPS) is 15.3. The van der Waals surface area contributed by atoms with Crippen LogP contribution < -0.4 is 5.32 Å². The Morgan fingerprint density at radius 2 is 1.93 bits per heavy atom. The molecule has 2 rings (SSSR count). The van der Waals surface area contributed by atoms with Gasteiger partial charge in [0, 0.05) is 12.7 Å². The monoisotopic (exact) mass is 415 g/mol. The van der Waals surface area contributed by atoms with E-state index in [1.807, 2.05) is 0 Å². The number of esters is 1. The highest BCUT2D eigenvalue weighted by molar-refractivity contribution is 7.90.